The first-order valence-electron chi connectivity index (χ1n) is 10.2. The Morgan fingerprint density at radius 2 is 1.80 bits per heavy atom. The molecule has 0 bridgehead atoms. The summed E-state index contributed by atoms with van der Waals surface area (Å²) in [6.07, 6.45) is 1.05. The van der Waals surface area contributed by atoms with Crippen molar-refractivity contribution in [2.45, 2.75) is 26.3 Å². The Morgan fingerprint density at radius 3 is 2.57 bits per heavy atom. The third-order valence-electron chi connectivity index (χ3n) is 4.77. The largest absolute Gasteiger partial charge is 0.382 e. The van der Waals surface area contributed by atoms with Crippen LogP contribution in [-0.2, 0) is 20.8 Å². The Labute approximate surface area is 177 Å². The Morgan fingerprint density at radius 1 is 1.03 bits per heavy atom. The van der Waals surface area contributed by atoms with Gasteiger partial charge in [0.2, 0.25) is 5.91 Å². The van der Waals surface area contributed by atoms with Crippen LogP contribution in [0, 0.1) is 6.92 Å². The summed E-state index contributed by atoms with van der Waals surface area (Å²) in [5.74, 6) is 0.651. The van der Waals surface area contributed by atoms with Crippen molar-refractivity contribution in [3.63, 3.8) is 0 Å². The second-order valence-corrected chi connectivity index (χ2v) is 7.13. The van der Waals surface area contributed by atoms with E-state index in [2.05, 4.69) is 30.4 Å². The van der Waals surface area contributed by atoms with Gasteiger partial charge in [-0.2, -0.15) is 5.10 Å². The number of aryl methyl sites for hydroxylation is 1. The molecule has 6 heteroatoms. The van der Waals surface area contributed by atoms with Gasteiger partial charge in [0.15, 0.2) is 0 Å². The first-order chi connectivity index (χ1) is 14.7. The molecule has 0 spiro atoms. The van der Waals surface area contributed by atoms with E-state index in [1.807, 2.05) is 47.1 Å². The lowest BCUT2D eigenvalue weighted by Crippen LogP contribution is -2.16. The highest BCUT2D eigenvalue weighted by Crippen LogP contribution is 2.25. The third kappa shape index (κ3) is 6.27. The van der Waals surface area contributed by atoms with Crippen LogP contribution >= 0.6 is 0 Å². The van der Waals surface area contributed by atoms with E-state index in [1.165, 1.54) is 0 Å². The van der Waals surface area contributed by atoms with Gasteiger partial charge in [0.25, 0.3) is 0 Å². The molecular weight excluding hydrogens is 378 g/mol. The first-order valence-corrected chi connectivity index (χ1v) is 10.2. The smallest absolute Gasteiger partial charge is 0.225 e. The van der Waals surface area contributed by atoms with Crippen molar-refractivity contribution in [2.75, 3.05) is 32.2 Å². The predicted octanol–water partition coefficient (Wildman–Crippen LogP) is 4.29. The number of rotatable bonds is 11. The van der Waals surface area contributed by atoms with Gasteiger partial charge < -0.3 is 14.8 Å². The number of ether oxygens (including phenoxy) is 2. The van der Waals surface area contributed by atoms with Crippen LogP contribution in [0.3, 0.4) is 0 Å². The SMILES string of the molecule is COCCOCCCC(=O)Nc1cc(-c2ccccc2C)nn1Cc1ccccc1. The quantitative estimate of drug-likeness (QED) is 0.482. The normalized spacial score (nSPS) is 10.9. The maximum Gasteiger partial charge on any atom is 0.225 e. The average Bonchev–Trinajstić information content (AvgIpc) is 3.13. The van der Waals surface area contributed by atoms with Gasteiger partial charge in [0.05, 0.1) is 25.5 Å². The van der Waals surface area contributed by atoms with Crippen molar-refractivity contribution in [2.24, 2.45) is 0 Å². The molecule has 1 aromatic heterocycles. The monoisotopic (exact) mass is 407 g/mol. The zero-order valence-electron chi connectivity index (χ0n) is 17.6. The van der Waals surface area contributed by atoms with Crippen molar-refractivity contribution in [1.82, 2.24) is 9.78 Å². The van der Waals surface area contributed by atoms with Crippen molar-refractivity contribution < 1.29 is 14.3 Å². The number of carbonyl (C=O) groups excluding carboxylic acids is 1. The standard InChI is InChI=1S/C24H29N3O3/c1-19-9-6-7-12-21(19)22-17-23(25-24(28)13-8-14-30-16-15-29-2)27(26-22)18-20-10-4-3-5-11-20/h3-7,9-12,17H,8,13-16,18H2,1-2H3,(H,25,28). The number of aromatic nitrogens is 2. The summed E-state index contributed by atoms with van der Waals surface area (Å²) in [5.41, 5.74) is 4.18. The number of hydrogen-bond acceptors (Lipinski definition) is 4. The summed E-state index contributed by atoms with van der Waals surface area (Å²) in [6, 6.07) is 20.2. The number of amides is 1. The number of nitrogens with zero attached hydrogens (tertiary/aromatic N) is 2. The van der Waals surface area contributed by atoms with Crippen molar-refractivity contribution in [3.05, 3.63) is 71.8 Å². The van der Waals surface area contributed by atoms with E-state index in [9.17, 15) is 4.79 Å². The fourth-order valence-corrected chi connectivity index (χ4v) is 3.17. The minimum absolute atomic E-state index is 0.0455. The second-order valence-electron chi connectivity index (χ2n) is 7.13. The highest BCUT2D eigenvalue weighted by molar-refractivity contribution is 5.90. The van der Waals surface area contributed by atoms with Gasteiger partial charge in [-0.1, -0.05) is 54.6 Å². The first kappa shape index (κ1) is 21.7. The van der Waals surface area contributed by atoms with Crippen LogP contribution in [0.1, 0.15) is 24.0 Å². The number of carbonyl (C=O) groups is 1. The second kappa shape index (κ2) is 11.3. The zero-order valence-corrected chi connectivity index (χ0v) is 17.6. The summed E-state index contributed by atoms with van der Waals surface area (Å²) < 4.78 is 12.2. The molecule has 0 fully saturated rings. The van der Waals surface area contributed by atoms with Crippen LogP contribution in [0.4, 0.5) is 5.82 Å². The fourth-order valence-electron chi connectivity index (χ4n) is 3.17. The third-order valence-corrected chi connectivity index (χ3v) is 4.77. The molecule has 158 valence electrons. The lowest BCUT2D eigenvalue weighted by Gasteiger charge is -2.09. The van der Waals surface area contributed by atoms with Gasteiger partial charge in [-0.15, -0.1) is 0 Å². The van der Waals surface area contributed by atoms with E-state index < -0.39 is 0 Å². The minimum Gasteiger partial charge on any atom is -0.382 e. The molecule has 0 aliphatic heterocycles. The van der Waals surface area contributed by atoms with Crippen molar-refractivity contribution in [3.8, 4) is 11.3 Å². The zero-order chi connectivity index (χ0) is 21.2. The lowest BCUT2D eigenvalue weighted by atomic mass is 10.1. The van der Waals surface area contributed by atoms with Crippen LogP contribution in [0.5, 0.6) is 0 Å². The highest BCUT2D eigenvalue weighted by atomic mass is 16.5. The molecule has 1 N–H and O–H groups in total. The van der Waals surface area contributed by atoms with E-state index in [0.29, 0.717) is 45.0 Å². The molecule has 0 radical (unpaired) electrons. The maximum atomic E-state index is 12.5. The molecule has 3 rings (SSSR count). The van der Waals surface area contributed by atoms with Crippen LogP contribution < -0.4 is 5.32 Å². The fraction of sp³-hybridized carbons (Fsp3) is 0.333. The Kier molecular flexibility index (Phi) is 8.18. The summed E-state index contributed by atoms with van der Waals surface area (Å²) in [7, 11) is 1.64. The molecular formula is C24H29N3O3. The lowest BCUT2D eigenvalue weighted by molar-refractivity contribution is -0.116. The number of nitrogens with one attached hydrogen (secondary N) is 1. The molecule has 3 aromatic rings. The van der Waals surface area contributed by atoms with Gasteiger partial charge in [-0.25, -0.2) is 4.68 Å². The molecule has 30 heavy (non-hydrogen) atoms. The number of methoxy groups -OCH3 is 1. The molecule has 1 amide bonds. The van der Waals surface area contributed by atoms with Crippen molar-refractivity contribution >= 4 is 11.7 Å². The molecule has 0 unspecified atom stereocenters. The van der Waals surface area contributed by atoms with Gasteiger partial charge >= 0.3 is 0 Å². The van der Waals surface area contributed by atoms with Gasteiger partial charge in [-0.3, -0.25) is 4.79 Å². The Balaban J connectivity index is 1.71. The van der Waals surface area contributed by atoms with E-state index in [1.54, 1.807) is 7.11 Å². The number of benzene rings is 2. The number of hydrogen-bond donors (Lipinski definition) is 1. The van der Waals surface area contributed by atoms with Crippen LogP contribution in [0.15, 0.2) is 60.7 Å². The molecule has 0 aliphatic carbocycles. The Hall–Kier alpha value is -2.96. The average molecular weight is 408 g/mol. The molecule has 0 aliphatic rings. The van der Waals surface area contributed by atoms with E-state index in [0.717, 1.165) is 22.4 Å². The van der Waals surface area contributed by atoms with Crippen molar-refractivity contribution in [1.29, 1.82) is 0 Å². The predicted molar refractivity (Wildman–Crippen MR) is 119 cm³/mol. The van der Waals surface area contributed by atoms with E-state index >= 15 is 0 Å². The molecule has 0 saturated heterocycles. The van der Waals surface area contributed by atoms with Gasteiger partial charge in [-0.05, 0) is 24.5 Å². The van der Waals surface area contributed by atoms with E-state index in [4.69, 9.17) is 14.6 Å². The van der Waals surface area contributed by atoms with Gasteiger partial charge in [0.1, 0.15) is 5.82 Å². The summed E-state index contributed by atoms with van der Waals surface area (Å²) in [4.78, 5) is 12.5. The molecule has 2 aromatic carbocycles. The Bertz CT molecular complexity index is 938. The summed E-state index contributed by atoms with van der Waals surface area (Å²) in [6.45, 7) is 4.29. The van der Waals surface area contributed by atoms with Crippen LogP contribution in [-0.4, -0.2) is 42.6 Å². The summed E-state index contributed by atoms with van der Waals surface area (Å²) >= 11 is 0. The maximum absolute atomic E-state index is 12.5. The minimum atomic E-state index is -0.0455. The molecule has 0 saturated carbocycles. The topological polar surface area (TPSA) is 65.4 Å². The number of anilines is 1. The van der Waals surface area contributed by atoms with Crippen LogP contribution in [0.2, 0.25) is 0 Å². The molecule has 6 nitrogen and oxygen atoms in total. The highest BCUT2D eigenvalue weighted by Gasteiger charge is 2.14. The summed E-state index contributed by atoms with van der Waals surface area (Å²) in [5, 5.41) is 7.81. The van der Waals surface area contributed by atoms with Crippen LogP contribution in [0.25, 0.3) is 11.3 Å². The molecule has 0 atom stereocenters. The van der Waals surface area contributed by atoms with E-state index in [-0.39, 0.29) is 5.91 Å². The molecule has 1 heterocycles. The van der Waals surface area contributed by atoms with Gasteiger partial charge in [0, 0.05) is 31.8 Å².